The molecule has 4 heterocycles. The second-order valence-electron chi connectivity index (χ2n) is 11.6. The van der Waals surface area contributed by atoms with Crippen molar-refractivity contribution in [3.63, 3.8) is 0 Å². The summed E-state index contributed by atoms with van der Waals surface area (Å²) >= 11 is 1.76. The minimum absolute atomic E-state index is 0.189. The lowest BCUT2D eigenvalue weighted by Crippen LogP contribution is -2.47. The Bertz CT molecular complexity index is 1720. The predicted octanol–water partition coefficient (Wildman–Crippen LogP) is 7.38. The van der Waals surface area contributed by atoms with Gasteiger partial charge in [0.1, 0.15) is 23.0 Å². The van der Waals surface area contributed by atoms with E-state index < -0.39 is 0 Å². The number of hydrogen-bond donors (Lipinski definition) is 1. The highest BCUT2D eigenvalue weighted by Gasteiger charge is 2.24. The highest BCUT2D eigenvalue weighted by atomic mass is 32.1. The Hall–Kier alpha value is -4.01. The van der Waals surface area contributed by atoms with E-state index in [4.69, 9.17) is 9.72 Å². The average Bonchev–Trinajstić information content (AvgIpc) is 3.64. The zero-order valence-corrected chi connectivity index (χ0v) is 26.2. The van der Waals surface area contributed by atoms with Gasteiger partial charge < -0.3 is 14.6 Å². The van der Waals surface area contributed by atoms with Gasteiger partial charge in [-0.3, -0.25) is 14.7 Å². The molecule has 0 bridgehead atoms. The Morgan fingerprint density at radius 1 is 1.05 bits per heavy atom. The first kappa shape index (κ1) is 29.1. The van der Waals surface area contributed by atoms with Crippen LogP contribution in [-0.2, 0) is 13.5 Å². The Balaban J connectivity index is 1.12. The summed E-state index contributed by atoms with van der Waals surface area (Å²) in [7, 11) is 2.06. The first-order chi connectivity index (χ1) is 20.9. The third-order valence-electron chi connectivity index (χ3n) is 8.63. The molecule has 222 valence electrons. The van der Waals surface area contributed by atoms with Crippen LogP contribution in [0.15, 0.2) is 72.2 Å². The number of aromatic nitrogens is 3. The lowest BCUT2D eigenvalue weighted by atomic mass is 9.98. The van der Waals surface area contributed by atoms with Crippen LogP contribution in [0.25, 0.3) is 21.5 Å². The number of likely N-dealkylation sites (tertiary alicyclic amines) is 1. The molecule has 7 nitrogen and oxygen atoms in total. The number of ether oxygens (including phenoxy) is 1. The van der Waals surface area contributed by atoms with Crippen LogP contribution in [-0.4, -0.2) is 50.5 Å². The molecule has 3 aromatic heterocycles. The van der Waals surface area contributed by atoms with Crippen molar-refractivity contribution in [1.29, 1.82) is 0 Å². The number of rotatable bonds is 9. The van der Waals surface area contributed by atoms with E-state index in [1.54, 1.807) is 29.7 Å². The number of pyridine rings is 1. The summed E-state index contributed by atoms with van der Waals surface area (Å²) in [5.41, 5.74) is 6.04. The van der Waals surface area contributed by atoms with Crippen molar-refractivity contribution >= 4 is 28.3 Å². The highest BCUT2D eigenvalue weighted by molar-refractivity contribution is 7.13. The summed E-state index contributed by atoms with van der Waals surface area (Å²) in [6.07, 6.45) is 6.06. The number of carbonyl (C=O) groups is 1. The fourth-order valence-corrected chi connectivity index (χ4v) is 6.96. The van der Waals surface area contributed by atoms with E-state index in [2.05, 4.69) is 83.3 Å². The van der Waals surface area contributed by atoms with Gasteiger partial charge in [-0.2, -0.15) is 0 Å². The van der Waals surface area contributed by atoms with Crippen molar-refractivity contribution in [2.75, 3.05) is 13.1 Å². The van der Waals surface area contributed by atoms with Gasteiger partial charge in [0.15, 0.2) is 0 Å². The van der Waals surface area contributed by atoms with Gasteiger partial charge in [0.25, 0.3) is 5.91 Å². The third kappa shape index (κ3) is 6.50. The third-order valence-corrected chi connectivity index (χ3v) is 9.53. The zero-order valence-electron chi connectivity index (χ0n) is 25.3. The summed E-state index contributed by atoms with van der Waals surface area (Å²) in [4.78, 5) is 25.9. The van der Waals surface area contributed by atoms with Gasteiger partial charge in [0.05, 0.1) is 11.0 Å². The van der Waals surface area contributed by atoms with E-state index in [0.29, 0.717) is 35.8 Å². The molecule has 0 radical (unpaired) electrons. The number of thiophene rings is 1. The van der Waals surface area contributed by atoms with Gasteiger partial charge in [-0.1, -0.05) is 24.6 Å². The first-order valence-corrected chi connectivity index (χ1v) is 16.0. The van der Waals surface area contributed by atoms with Crippen molar-refractivity contribution in [3.8, 4) is 21.9 Å². The van der Waals surface area contributed by atoms with E-state index in [1.807, 2.05) is 18.2 Å². The Kier molecular flexibility index (Phi) is 8.58. The van der Waals surface area contributed by atoms with Crippen molar-refractivity contribution in [2.45, 2.75) is 58.5 Å². The molecule has 1 N–H and O–H groups in total. The van der Waals surface area contributed by atoms with Crippen molar-refractivity contribution in [1.82, 2.24) is 24.8 Å². The Morgan fingerprint density at radius 3 is 2.65 bits per heavy atom. The normalized spacial score (nSPS) is 17.3. The van der Waals surface area contributed by atoms with Crippen LogP contribution in [0.4, 0.5) is 0 Å². The number of amides is 1. The number of carbonyl (C=O) groups excluding carboxylic acids is 1. The molecule has 1 saturated heterocycles. The fraction of sp³-hybridized carbons (Fsp3) is 0.343. The largest absolute Gasteiger partial charge is 0.457 e. The van der Waals surface area contributed by atoms with E-state index in [0.717, 1.165) is 29.8 Å². The van der Waals surface area contributed by atoms with Crippen molar-refractivity contribution < 1.29 is 9.53 Å². The minimum atomic E-state index is -0.189. The minimum Gasteiger partial charge on any atom is -0.457 e. The summed E-state index contributed by atoms with van der Waals surface area (Å²) in [5.74, 6) is 2.03. The molecule has 1 aliphatic heterocycles. The first-order valence-electron chi connectivity index (χ1n) is 15.1. The SMILES string of the molecule is Cc1ccc(Cc2nc3cc(Oc4ccnc(C(=O)NCCN5C(C)CCCC5C)c4)ccc3n2C)cc1-c1cccs1. The molecule has 0 aliphatic carbocycles. The molecule has 0 spiro atoms. The fourth-order valence-electron chi connectivity index (χ4n) is 6.15. The number of nitrogens with one attached hydrogen (secondary N) is 1. The van der Waals surface area contributed by atoms with Gasteiger partial charge in [0, 0.05) is 61.8 Å². The van der Waals surface area contributed by atoms with Crippen molar-refractivity contribution in [3.05, 3.63) is 94.9 Å². The molecule has 2 aromatic carbocycles. The maximum absolute atomic E-state index is 12.9. The van der Waals surface area contributed by atoms with Crippen molar-refractivity contribution in [2.24, 2.45) is 7.05 Å². The number of aryl methyl sites for hydroxylation is 2. The zero-order chi connectivity index (χ0) is 29.9. The number of benzene rings is 2. The number of fused-ring (bicyclic) bond motifs is 1. The number of nitrogens with zero attached hydrogens (tertiary/aromatic N) is 4. The summed E-state index contributed by atoms with van der Waals surface area (Å²) < 4.78 is 8.31. The molecule has 2 atom stereocenters. The van der Waals surface area contributed by atoms with Gasteiger partial charge in [0.2, 0.25) is 0 Å². The molecule has 6 rings (SSSR count). The Labute approximate surface area is 257 Å². The average molecular weight is 594 g/mol. The molecule has 43 heavy (non-hydrogen) atoms. The smallest absolute Gasteiger partial charge is 0.270 e. The van der Waals surface area contributed by atoms with Crippen LogP contribution < -0.4 is 10.1 Å². The Morgan fingerprint density at radius 2 is 1.86 bits per heavy atom. The van der Waals surface area contributed by atoms with E-state index in [9.17, 15) is 4.79 Å². The van der Waals surface area contributed by atoms with Gasteiger partial charge >= 0.3 is 0 Å². The summed E-state index contributed by atoms with van der Waals surface area (Å²) in [6.45, 7) is 8.14. The number of hydrogen-bond acceptors (Lipinski definition) is 6. The maximum Gasteiger partial charge on any atom is 0.270 e. The lowest BCUT2D eigenvalue weighted by Gasteiger charge is -2.39. The summed E-state index contributed by atoms with van der Waals surface area (Å²) in [6, 6.07) is 21.4. The quantitative estimate of drug-likeness (QED) is 0.193. The maximum atomic E-state index is 12.9. The van der Waals surface area contributed by atoms with Crippen LogP contribution in [0.3, 0.4) is 0 Å². The molecule has 5 aromatic rings. The molecular formula is C35H39N5O2S. The summed E-state index contributed by atoms with van der Waals surface area (Å²) in [5, 5.41) is 5.15. The second kappa shape index (κ2) is 12.7. The van der Waals surface area contributed by atoms with Crippen LogP contribution in [0.5, 0.6) is 11.5 Å². The van der Waals surface area contributed by atoms with Gasteiger partial charge in [-0.05, 0) is 86.0 Å². The molecular weight excluding hydrogens is 554 g/mol. The van der Waals surface area contributed by atoms with Gasteiger partial charge in [-0.15, -0.1) is 11.3 Å². The molecule has 2 unspecified atom stereocenters. The molecule has 0 saturated carbocycles. The molecule has 1 amide bonds. The van der Waals surface area contributed by atoms with E-state index >= 15 is 0 Å². The van der Waals surface area contributed by atoms with Gasteiger partial charge in [-0.25, -0.2) is 4.98 Å². The monoisotopic (exact) mass is 593 g/mol. The highest BCUT2D eigenvalue weighted by Crippen LogP contribution is 2.31. The van der Waals surface area contributed by atoms with Crippen LogP contribution >= 0.6 is 11.3 Å². The topological polar surface area (TPSA) is 72.3 Å². The molecule has 1 fully saturated rings. The van der Waals surface area contributed by atoms with Crippen LogP contribution in [0.1, 0.15) is 60.5 Å². The van der Waals surface area contributed by atoms with E-state index in [1.165, 1.54) is 40.8 Å². The van der Waals surface area contributed by atoms with E-state index in [-0.39, 0.29) is 5.91 Å². The number of piperidine rings is 1. The predicted molar refractivity (Wildman–Crippen MR) is 174 cm³/mol. The molecule has 1 aliphatic rings. The lowest BCUT2D eigenvalue weighted by molar-refractivity contribution is 0.0885. The van der Waals surface area contributed by atoms with Crippen LogP contribution in [0, 0.1) is 6.92 Å². The standard InChI is InChI=1S/C35H39N5O2S/c1-23-10-11-26(19-29(23)33-9-6-18-43-33)20-34-38-30-21-27(12-13-32(30)39(34)4)42-28-14-15-36-31(22-28)35(41)37-16-17-40-24(2)7-5-8-25(40)3/h6,9-15,18-19,21-22,24-25H,5,7-8,16-17,20H2,1-4H3,(H,37,41). The number of imidazole rings is 1. The second-order valence-corrected chi connectivity index (χ2v) is 12.6. The van der Waals surface area contributed by atoms with Crippen LogP contribution in [0.2, 0.25) is 0 Å². The molecule has 8 heteroatoms.